The SMILES string of the molecule is CN(Cc1c(C(=O)N/N=C/c2ccccc2F)nnn1-c1nonc1N)C1CCCCC1. The van der Waals surface area contributed by atoms with Crippen molar-refractivity contribution >= 4 is 17.9 Å². The van der Waals surface area contributed by atoms with E-state index in [-0.39, 0.29) is 22.9 Å². The molecule has 0 atom stereocenters. The number of amides is 1. The van der Waals surface area contributed by atoms with E-state index >= 15 is 0 Å². The third kappa shape index (κ3) is 4.64. The maximum atomic E-state index is 13.8. The summed E-state index contributed by atoms with van der Waals surface area (Å²) in [5.41, 5.74) is 8.98. The Labute approximate surface area is 183 Å². The minimum absolute atomic E-state index is 0.0287. The Morgan fingerprint density at radius 2 is 2.12 bits per heavy atom. The maximum Gasteiger partial charge on any atom is 0.293 e. The number of nitrogens with one attached hydrogen (secondary N) is 1. The topological polar surface area (TPSA) is 140 Å². The lowest BCUT2D eigenvalue weighted by atomic mass is 9.94. The second-order valence-corrected chi connectivity index (χ2v) is 7.70. The van der Waals surface area contributed by atoms with Gasteiger partial charge in [0.25, 0.3) is 5.91 Å². The van der Waals surface area contributed by atoms with E-state index in [0.29, 0.717) is 18.3 Å². The summed E-state index contributed by atoms with van der Waals surface area (Å²) < 4.78 is 19.8. The molecule has 1 saturated carbocycles. The minimum atomic E-state index is -0.592. The number of hydrazone groups is 1. The number of nitrogens with zero attached hydrogens (tertiary/aromatic N) is 7. The van der Waals surface area contributed by atoms with E-state index < -0.39 is 11.7 Å². The Balaban J connectivity index is 1.58. The Kier molecular flexibility index (Phi) is 6.50. The molecule has 1 aliphatic rings. The average molecular weight is 441 g/mol. The molecule has 11 nitrogen and oxygen atoms in total. The summed E-state index contributed by atoms with van der Waals surface area (Å²) in [6.07, 6.45) is 6.97. The first-order valence-electron chi connectivity index (χ1n) is 10.4. The Morgan fingerprint density at radius 3 is 2.84 bits per heavy atom. The van der Waals surface area contributed by atoms with Crippen molar-refractivity contribution in [3.05, 3.63) is 47.0 Å². The highest BCUT2D eigenvalue weighted by Crippen LogP contribution is 2.24. The highest BCUT2D eigenvalue weighted by Gasteiger charge is 2.27. The molecule has 168 valence electrons. The van der Waals surface area contributed by atoms with Crippen LogP contribution in [-0.2, 0) is 6.54 Å². The lowest BCUT2D eigenvalue weighted by molar-refractivity contribution is 0.0947. The molecule has 4 rings (SSSR count). The van der Waals surface area contributed by atoms with Gasteiger partial charge in [0.15, 0.2) is 5.69 Å². The molecule has 1 fully saturated rings. The third-order valence-corrected chi connectivity index (χ3v) is 5.55. The summed E-state index contributed by atoms with van der Waals surface area (Å²) in [6.45, 7) is 0.379. The first kappa shape index (κ1) is 21.6. The van der Waals surface area contributed by atoms with Gasteiger partial charge >= 0.3 is 0 Å². The number of carbonyl (C=O) groups excluding carboxylic acids is 1. The number of benzene rings is 1. The van der Waals surface area contributed by atoms with E-state index in [1.807, 2.05) is 7.05 Å². The van der Waals surface area contributed by atoms with Crippen molar-refractivity contribution in [3.63, 3.8) is 0 Å². The van der Waals surface area contributed by atoms with E-state index in [0.717, 1.165) is 12.8 Å². The molecule has 1 aromatic carbocycles. The van der Waals surface area contributed by atoms with Crippen LogP contribution in [0.2, 0.25) is 0 Å². The van der Waals surface area contributed by atoms with Crippen molar-refractivity contribution in [1.82, 2.24) is 35.6 Å². The van der Waals surface area contributed by atoms with Gasteiger partial charge in [-0.25, -0.2) is 14.4 Å². The molecular formula is C20H24FN9O2. The van der Waals surface area contributed by atoms with Gasteiger partial charge in [-0.15, -0.1) is 5.10 Å². The molecule has 3 aromatic rings. The second-order valence-electron chi connectivity index (χ2n) is 7.70. The monoisotopic (exact) mass is 441 g/mol. The molecule has 0 radical (unpaired) electrons. The van der Waals surface area contributed by atoms with Crippen LogP contribution in [-0.4, -0.2) is 55.4 Å². The van der Waals surface area contributed by atoms with Crippen LogP contribution in [0.4, 0.5) is 10.2 Å². The van der Waals surface area contributed by atoms with Crippen LogP contribution >= 0.6 is 0 Å². The van der Waals surface area contributed by atoms with Gasteiger partial charge in [-0.2, -0.15) is 9.78 Å². The van der Waals surface area contributed by atoms with Crippen LogP contribution in [0, 0.1) is 5.82 Å². The van der Waals surface area contributed by atoms with Gasteiger partial charge in [0.1, 0.15) is 5.82 Å². The Bertz CT molecular complexity index is 1100. The number of nitrogen functional groups attached to an aromatic ring is 1. The van der Waals surface area contributed by atoms with Crippen molar-refractivity contribution in [2.75, 3.05) is 12.8 Å². The van der Waals surface area contributed by atoms with Crippen LogP contribution in [0.3, 0.4) is 0 Å². The van der Waals surface area contributed by atoms with Gasteiger partial charge in [-0.05, 0) is 36.3 Å². The normalized spacial score (nSPS) is 15.0. The van der Waals surface area contributed by atoms with Crippen molar-refractivity contribution in [2.24, 2.45) is 5.10 Å². The van der Waals surface area contributed by atoms with Crippen LogP contribution in [0.5, 0.6) is 0 Å². The van der Waals surface area contributed by atoms with E-state index in [9.17, 15) is 9.18 Å². The van der Waals surface area contributed by atoms with Gasteiger partial charge in [-0.3, -0.25) is 9.69 Å². The number of rotatable bonds is 7. The fourth-order valence-electron chi connectivity index (χ4n) is 3.81. The molecule has 1 aliphatic carbocycles. The molecule has 1 amide bonds. The van der Waals surface area contributed by atoms with Crippen molar-refractivity contribution in [3.8, 4) is 5.82 Å². The van der Waals surface area contributed by atoms with E-state index in [2.05, 4.69) is 40.7 Å². The van der Waals surface area contributed by atoms with E-state index in [4.69, 9.17) is 5.73 Å². The minimum Gasteiger partial charge on any atom is -0.378 e. The Morgan fingerprint density at radius 1 is 1.34 bits per heavy atom. The number of carbonyl (C=O) groups is 1. The van der Waals surface area contributed by atoms with Gasteiger partial charge in [-0.1, -0.05) is 42.7 Å². The number of anilines is 1. The number of aromatic nitrogens is 5. The average Bonchev–Trinajstić information content (AvgIpc) is 3.41. The van der Waals surface area contributed by atoms with Crippen LogP contribution in [0.1, 0.15) is 53.8 Å². The predicted octanol–water partition coefficient (Wildman–Crippen LogP) is 1.90. The van der Waals surface area contributed by atoms with Crippen molar-refractivity contribution in [2.45, 2.75) is 44.7 Å². The van der Waals surface area contributed by atoms with Gasteiger partial charge in [0.05, 0.1) is 11.9 Å². The lowest BCUT2D eigenvalue weighted by Gasteiger charge is -2.31. The highest BCUT2D eigenvalue weighted by molar-refractivity contribution is 5.94. The molecular weight excluding hydrogens is 417 g/mol. The summed E-state index contributed by atoms with van der Waals surface area (Å²) in [7, 11) is 2.00. The van der Waals surface area contributed by atoms with Gasteiger partial charge in [0, 0.05) is 18.2 Å². The van der Waals surface area contributed by atoms with E-state index in [1.54, 1.807) is 18.2 Å². The van der Waals surface area contributed by atoms with E-state index in [1.165, 1.54) is 36.2 Å². The van der Waals surface area contributed by atoms with Gasteiger partial charge < -0.3 is 5.73 Å². The Hall–Kier alpha value is -3.67. The molecule has 2 heterocycles. The zero-order chi connectivity index (χ0) is 22.5. The number of nitrogens with two attached hydrogens (primary N) is 1. The summed E-state index contributed by atoms with van der Waals surface area (Å²) in [5, 5.41) is 19.3. The zero-order valence-corrected chi connectivity index (χ0v) is 17.6. The molecule has 0 aliphatic heterocycles. The smallest absolute Gasteiger partial charge is 0.293 e. The molecule has 0 bridgehead atoms. The first-order chi connectivity index (χ1) is 15.5. The quantitative estimate of drug-likeness (QED) is 0.418. The lowest BCUT2D eigenvalue weighted by Crippen LogP contribution is -2.34. The molecule has 0 spiro atoms. The predicted molar refractivity (Wildman–Crippen MR) is 113 cm³/mol. The van der Waals surface area contributed by atoms with Crippen molar-refractivity contribution in [1.29, 1.82) is 0 Å². The largest absolute Gasteiger partial charge is 0.378 e. The molecule has 2 aromatic heterocycles. The first-order valence-corrected chi connectivity index (χ1v) is 10.4. The molecule has 12 heteroatoms. The summed E-state index contributed by atoms with van der Waals surface area (Å²) in [5.74, 6) is -0.856. The second kappa shape index (κ2) is 9.64. The zero-order valence-electron chi connectivity index (χ0n) is 17.6. The molecule has 3 N–H and O–H groups in total. The molecule has 0 saturated heterocycles. The van der Waals surface area contributed by atoms with Crippen LogP contribution < -0.4 is 11.2 Å². The van der Waals surface area contributed by atoms with Crippen molar-refractivity contribution < 1.29 is 13.8 Å². The summed E-state index contributed by atoms with van der Waals surface area (Å²) >= 11 is 0. The maximum absolute atomic E-state index is 13.8. The highest BCUT2D eigenvalue weighted by atomic mass is 19.1. The van der Waals surface area contributed by atoms with Crippen LogP contribution in [0.25, 0.3) is 5.82 Å². The van der Waals surface area contributed by atoms with Gasteiger partial charge in [0.2, 0.25) is 11.6 Å². The number of halogens is 1. The number of hydrogen-bond acceptors (Lipinski definition) is 9. The molecule has 0 unspecified atom stereocenters. The summed E-state index contributed by atoms with van der Waals surface area (Å²) in [4.78, 5) is 15.0. The number of hydrogen-bond donors (Lipinski definition) is 2. The fraction of sp³-hybridized carbons (Fsp3) is 0.400. The standard InChI is InChI=1S/C20H24FN9O2/c1-29(14-8-3-2-4-9-14)12-16-17(24-28-30(16)19-18(22)26-32-27-19)20(31)25-23-11-13-7-5-6-10-15(13)21/h5-7,10-11,14H,2-4,8-9,12H2,1H3,(H2,22,26)(H,25,31)/b23-11+. The third-order valence-electron chi connectivity index (χ3n) is 5.55. The molecule has 32 heavy (non-hydrogen) atoms. The summed E-state index contributed by atoms with van der Waals surface area (Å²) in [6, 6.07) is 6.49. The van der Waals surface area contributed by atoms with Crippen LogP contribution in [0.15, 0.2) is 34.0 Å². The fourth-order valence-corrected chi connectivity index (χ4v) is 3.81.